The van der Waals surface area contributed by atoms with E-state index in [1.165, 1.54) is 10.9 Å². The minimum atomic E-state index is -0.375. The van der Waals surface area contributed by atoms with Gasteiger partial charge in [0.25, 0.3) is 0 Å². The molecule has 0 atom stereocenters. The second kappa shape index (κ2) is 9.20. The van der Waals surface area contributed by atoms with Gasteiger partial charge in [-0.2, -0.15) is 0 Å². The van der Waals surface area contributed by atoms with Gasteiger partial charge in [0.05, 0.1) is 6.61 Å². The first kappa shape index (κ1) is 16.5. The number of para-hydroxylation sites is 1. The van der Waals surface area contributed by atoms with Crippen LogP contribution in [0.2, 0.25) is 0 Å². The van der Waals surface area contributed by atoms with Gasteiger partial charge in [-0.15, -0.1) is 11.3 Å². The molecule has 0 bridgehead atoms. The fourth-order valence-electron chi connectivity index (χ4n) is 2.01. The normalized spacial score (nSPS) is 10.4. The Balaban J connectivity index is 1.51. The van der Waals surface area contributed by atoms with Crippen molar-refractivity contribution in [2.24, 2.45) is 0 Å². The van der Waals surface area contributed by atoms with Crippen molar-refractivity contribution in [2.45, 2.75) is 25.7 Å². The highest BCUT2D eigenvalue weighted by Crippen LogP contribution is 2.15. The van der Waals surface area contributed by atoms with Crippen molar-refractivity contribution >= 4 is 17.2 Å². The average Bonchev–Trinajstić information content (AvgIpc) is 3.03. The Kier molecular flexibility index (Phi) is 6.90. The van der Waals surface area contributed by atoms with Crippen molar-refractivity contribution in [1.82, 2.24) is 5.32 Å². The lowest BCUT2D eigenvalue weighted by molar-refractivity contribution is -0.121. The van der Waals surface area contributed by atoms with E-state index in [-0.39, 0.29) is 17.5 Å². The Hall–Kier alpha value is -1.88. The maximum Gasteiger partial charge on any atom is 0.220 e. The molecule has 0 saturated heterocycles. The summed E-state index contributed by atoms with van der Waals surface area (Å²) >= 11 is 1.74. The lowest BCUT2D eigenvalue weighted by Gasteiger charge is -2.07. The van der Waals surface area contributed by atoms with Gasteiger partial charge in [0.1, 0.15) is 0 Å². The topological polar surface area (TPSA) is 38.3 Å². The molecule has 118 valence electrons. The minimum Gasteiger partial charge on any atom is -0.491 e. The number of carbonyl (C=O) groups is 1. The number of benzene rings is 1. The lowest BCUT2D eigenvalue weighted by Crippen LogP contribution is -2.24. The molecule has 1 N–H and O–H groups in total. The maximum absolute atomic E-state index is 13.3. The Morgan fingerprint density at radius 3 is 2.82 bits per heavy atom. The fraction of sp³-hybridized carbons (Fsp3) is 0.353. The molecule has 0 aliphatic rings. The molecule has 0 unspecified atom stereocenters. The van der Waals surface area contributed by atoms with E-state index in [1.807, 2.05) is 6.07 Å². The fourth-order valence-corrected chi connectivity index (χ4v) is 2.76. The van der Waals surface area contributed by atoms with Gasteiger partial charge in [-0.05, 0) is 42.8 Å². The maximum atomic E-state index is 13.3. The van der Waals surface area contributed by atoms with Crippen LogP contribution < -0.4 is 10.1 Å². The van der Waals surface area contributed by atoms with Gasteiger partial charge >= 0.3 is 0 Å². The average molecular weight is 321 g/mol. The molecule has 0 saturated carbocycles. The molecule has 1 aromatic heterocycles. The molecule has 1 heterocycles. The van der Waals surface area contributed by atoms with Crippen molar-refractivity contribution in [2.75, 3.05) is 13.2 Å². The molecule has 2 rings (SSSR count). The molecule has 2 aromatic rings. The number of carbonyl (C=O) groups excluding carboxylic acids is 1. The van der Waals surface area contributed by atoms with Crippen molar-refractivity contribution < 1.29 is 13.9 Å². The zero-order chi connectivity index (χ0) is 15.6. The molecule has 22 heavy (non-hydrogen) atoms. The van der Waals surface area contributed by atoms with Gasteiger partial charge in [0, 0.05) is 17.8 Å². The SMILES string of the molecule is O=C(CCCOc1ccccc1F)NCCCc1cccs1. The third-order valence-electron chi connectivity index (χ3n) is 3.14. The first-order valence-electron chi connectivity index (χ1n) is 7.42. The molecule has 3 nitrogen and oxygen atoms in total. The first-order chi connectivity index (χ1) is 10.8. The summed E-state index contributed by atoms with van der Waals surface area (Å²) in [5.74, 6) is -0.123. The molecule has 0 spiro atoms. The number of hydrogen-bond acceptors (Lipinski definition) is 3. The minimum absolute atomic E-state index is 0.0170. The van der Waals surface area contributed by atoms with E-state index >= 15 is 0 Å². The van der Waals surface area contributed by atoms with Crippen LogP contribution in [0.1, 0.15) is 24.1 Å². The van der Waals surface area contributed by atoms with Gasteiger partial charge in [-0.1, -0.05) is 18.2 Å². The van der Waals surface area contributed by atoms with Crippen molar-refractivity contribution in [1.29, 1.82) is 0 Å². The van der Waals surface area contributed by atoms with Gasteiger partial charge in [0.2, 0.25) is 5.91 Å². The second-order valence-corrected chi connectivity index (χ2v) is 5.95. The van der Waals surface area contributed by atoms with Gasteiger partial charge in [-0.25, -0.2) is 4.39 Å². The van der Waals surface area contributed by atoms with Crippen molar-refractivity contribution in [3.05, 3.63) is 52.5 Å². The van der Waals surface area contributed by atoms with Gasteiger partial charge in [0.15, 0.2) is 11.6 Å². The molecule has 0 aliphatic heterocycles. The Morgan fingerprint density at radius 2 is 2.05 bits per heavy atom. The summed E-state index contributed by atoms with van der Waals surface area (Å²) in [5, 5.41) is 4.95. The quantitative estimate of drug-likeness (QED) is 0.714. The number of hydrogen-bond donors (Lipinski definition) is 1. The van der Waals surface area contributed by atoms with Crippen LogP contribution in [0.3, 0.4) is 0 Å². The predicted octanol–water partition coefficient (Wildman–Crippen LogP) is 3.80. The van der Waals surface area contributed by atoms with Crippen molar-refractivity contribution in [3.63, 3.8) is 0 Å². The summed E-state index contributed by atoms with van der Waals surface area (Å²) < 4.78 is 18.6. The van der Waals surface area contributed by atoms with Crippen LogP contribution in [-0.2, 0) is 11.2 Å². The number of aryl methyl sites for hydroxylation is 1. The number of rotatable bonds is 9. The number of ether oxygens (including phenoxy) is 1. The Labute approximate surface area is 134 Å². The molecule has 0 aliphatic carbocycles. The van der Waals surface area contributed by atoms with Gasteiger partial charge < -0.3 is 10.1 Å². The summed E-state index contributed by atoms with van der Waals surface area (Å²) in [5.41, 5.74) is 0. The van der Waals surface area contributed by atoms with E-state index < -0.39 is 0 Å². The van der Waals surface area contributed by atoms with E-state index in [9.17, 15) is 9.18 Å². The summed E-state index contributed by atoms with van der Waals surface area (Å²) in [7, 11) is 0. The number of thiophene rings is 1. The van der Waals surface area contributed by atoms with Crippen LogP contribution in [0.5, 0.6) is 5.75 Å². The number of halogens is 1. The number of nitrogens with one attached hydrogen (secondary N) is 1. The Morgan fingerprint density at radius 1 is 1.18 bits per heavy atom. The molecule has 0 fully saturated rings. The monoisotopic (exact) mass is 321 g/mol. The summed E-state index contributed by atoms with van der Waals surface area (Å²) in [4.78, 5) is 13.0. The van der Waals surface area contributed by atoms with Crippen LogP contribution in [0.15, 0.2) is 41.8 Å². The van der Waals surface area contributed by atoms with E-state index in [2.05, 4.69) is 16.8 Å². The van der Waals surface area contributed by atoms with Crippen LogP contribution in [-0.4, -0.2) is 19.1 Å². The standard InChI is InChI=1S/C17H20FNO2S/c18-15-8-1-2-9-16(15)21-12-4-10-17(20)19-11-3-6-14-7-5-13-22-14/h1-2,5,7-9,13H,3-4,6,10-12H2,(H,19,20). The van der Waals surface area contributed by atoms with Gasteiger partial charge in [-0.3, -0.25) is 4.79 Å². The highest BCUT2D eigenvalue weighted by molar-refractivity contribution is 7.09. The first-order valence-corrected chi connectivity index (χ1v) is 8.30. The molecule has 0 radical (unpaired) electrons. The van der Waals surface area contributed by atoms with E-state index in [0.717, 1.165) is 12.8 Å². The zero-order valence-electron chi connectivity index (χ0n) is 12.4. The smallest absolute Gasteiger partial charge is 0.220 e. The summed E-state index contributed by atoms with van der Waals surface area (Å²) in [6.07, 6.45) is 2.91. The third-order valence-corrected chi connectivity index (χ3v) is 4.08. The lowest BCUT2D eigenvalue weighted by atomic mass is 10.2. The molecule has 5 heteroatoms. The predicted molar refractivity (Wildman–Crippen MR) is 86.8 cm³/mol. The zero-order valence-corrected chi connectivity index (χ0v) is 13.2. The van der Waals surface area contributed by atoms with Crippen molar-refractivity contribution in [3.8, 4) is 5.75 Å². The van der Waals surface area contributed by atoms with E-state index in [4.69, 9.17) is 4.74 Å². The number of amides is 1. The summed E-state index contributed by atoms with van der Waals surface area (Å²) in [6, 6.07) is 10.4. The van der Waals surface area contributed by atoms with Crippen LogP contribution in [0.25, 0.3) is 0 Å². The molecule has 1 aromatic carbocycles. The van der Waals surface area contributed by atoms with Crippen LogP contribution in [0.4, 0.5) is 4.39 Å². The molecular formula is C17H20FNO2S. The largest absolute Gasteiger partial charge is 0.491 e. The highest BCUT2D eigenvalue weighted by atomic mass is 32.1. The molecule has 1 amide bonds. The Bertz CT molecular complexity index is 572. The van der Waals surface area contributed by atoms with Crippen LogP contribution in [0, 0.1) is 5.82 Å². The third kappa shape index (κ3) is 5.85. The van der Waals surface area contributed by atoms with E-state index in [0.29, 0.717) is 26.0 Å². The highest BCUT2D eigenvalue weighted by Gasteiger charge is 2.04. The summed E-state index contributed by atoms with van der Waals surface area (Å²) in [6.45, 7) is 1.02. The molecular weight excluding hydrogens is 301 g/mol. The van der Waals surface area contributed by atoms with Crippen LogP contribution >= 0.6 is 11.3 Å². The second-order valence-electron chi connectivity index (χ2n) is 4.92. The van der Waals surface area contributed by atoms with E-state index in [1.54, 1.807) is 29.5 Å².